The molecule has 1 N–H and O–H groups in total. The number of nitrogens with zero attached hydrogens (tertiary/aromatic N) is 2. The molecule has 0 aliphatic heterocycles. The number of ether oxygens (including phenoxy) is 3. The molecule has 4 aromatic carbocycles. The number of non-ortho nitro benzene ring substituents is 1. The molecule has 0 saturated carbocycles. The van der Waals surface area contributed by atoms with Gasteiger partial charge in [0.2, 0.25) is 0 Å². The molecule has 0 saturated heterocycles. The first-order chi connectivity index (χ1) is 18.8. The summed E-state index contributed by atoms with van der Waals surface area (Å²) in [6.45, 7) is 1.23. The molecule has 0 spiro atoms. The highest BCUT2D eigenvalue weighted by atomic mass is 16.6. The zero-order valence-corrected chi connectivity index (χ0v) is 20.7. The Balaban J connectivity index is 1.57. The van der Waals surface area contributed by atoms with Gasteiger partial charge in [0, 0.05) is 30.2 Å². The van der Waals surface area contributed by atoms with Gasteiger partial charge >= 0.3 is 11.9 Å². The van der Waals surface area contributed by atoms with Crippen LogP contribution in [-0.2, 0) is 4.79 Å². The largest absolute Gasteiger partial charge is 0.493 e. The van der Waals surface area contributed by atoms with E-state index in [1.54, 1.807) is 18.2 Å². The van der Waals surface area contributed by atoms with Crippen LogP contribution in [0.4, 0.5) is 5.69 Å². The Kier molecular flexibility index (Phi) is 7.91. The molecule has 11 heteroatoms. The average molecular weight is 527 g/mol. The first kappa shape index (κ1) is 26.5. The molecule has 0 atom stereocenters. The fourth-order valence-electron chi connectivity index (χ4n) is 3.68. The lowest BCUT2D eigenvalue weighted by atomic mass is 10.0. The van der Waals surface area contributed by atoms with E-state index in [-0.39, 0.29) is 34.1 Å². The van der Waals surface area contributed by atoms with E-state index in [0.29, 0.717) is 5.56 Å². The summed E-state index contributed by atoms with van der Waals surface area (Å²) in [5.74, 6) is -1.67. The van der Waals surface area contributed by atoms with Crippen LogP contribution in [0.1, 0.15) is 33.2 Å². The number of benzene rings is 4. The number of hydrazone groups is 1. The Morgan fingerprint density at radius 3 is 2.38 bits per heavy atom. The minimum Gasteiger partial charge on any atom is -0.493 e. The van der Waals surface area contributed by atoms with Crippen molar-refractivity contribution in [2.45, 2.75) is 6.92 Å². The van der Waals surface area contributed by atoms with E-state index in [1.807, 2.05) is 24.3 Å². The Bertz CT molecular complexity index is 1630. The summed E-state index contributed by atoms with van der Waals surface area (Å²) >= 11 is 0. The van der Waals surface area contributed by atoms with E-state index in [1.165, 1.54) is 44.4 Å². The maximum absolute atomic E-state index is 12.8. The van der Waals surface area contributed by atoms with Gasteiger partial charge < -0.3 is 14.2 Å². The zero-order chi connectivity index (χ0) is 27.9. The van der Waals surface area contributed by atoms with Crippen molar-refractivity contribution in [3.8, 4) is 17.2 Å². The molecule has 39 heavy (non-hydrogen) atoms. The normalized spacial score (nSPS) is 10.7. The van der Waals surface area contributed by atoms with Crippen molar-refractivity contribution in [2.75, 3.05) is 7.11 Å². The number of nitro groups is 1. The average Bonchev–Trinajstić information content (AvgIpc) is 2.93. The number of nitrogens with one attached hydrogen (secondary N) is 1. The molecule has 196 valence electrons. The van der Waals surface area contributed by atoms with E-state index in [4.69, 9.17) is 14.2 Å². The maximum atomic E-state index is 12.8. The van der Waals surface area contributed by atoms with E-state index in [9.17, 15) is 24.5 Å². The second-order valence-corrected chi connectivity index (χ2v) is 8.05. The van der Waals surface area contributed by atoms with Gasteiger partial charge in [-0.3, -0.25) is 19.7 Å². The van der Waals surface area contributed by atoms with E-state index in [0.717, 1.165) is 23.1 Å². The van der Waals surface area contributed by atoms with E-state index in [2.05, 4.69) is 10.5 Å². The fourth-order valence-corrected chi connectivity index (χ4v) is 3.68. The second-order valence-electron chi connectivity index (χ2n) is 8.05. The van der Waals surface area contributed by atoms with Crippen LogP contribution in [0.3, 0.4) is 0 Å². The summed E-state index contributed by atoms with van der Waals surface area (Å²) in [6.07, 6.45) is 1.14. The van der Waals surface area contributed by atoms with Gasteiger partial charge in [0.1, 0.15) is 5.75 Å². The molecule has 4 rings (SSSR count). The third-order valence-corrected chi connectivity index (χ3v) is 5.46. The third kappa shape index (κ3) is 6.23. The predicted octanol–water partition coefficient (Wildman–Crippen LogP) is 4.67. The van der Waals surface area contributed by atoms with Crippen LogP contribution in [0.15, 0.2) is 84.0 Å². The Hall–Kier alpha value is -5.58. The first-order valence-electron chi connectivity index (χ1n) is 11.4. The van der Waals surface area contributed by atoms with Crippen molar-refractivity contribution < 1.29 is 33.5 Å². The molecule has 4 aromatic rings. The number of fused-ring (bicyclic) bond motifs is 1. The number of amides is 1. The van der Waals surface area contributed by atoms with Gasteiger partial charge in [-0.1, -0.05) is 36.4 Å². The standard InChI is InChI=1S/C28H21N3O8/c1-17(32)38-25-12-10-19(15-26(25)37-2)28(34)39-24-13-11-21(31(35)36)14-20(24)16-29-30-27(33)23-9-5-7-18-6-3-4-8-22(18)23/h3-16H,1-2H3,(H,30,33)/b29-16+. The molecule has 0 bridgehead atoms. The number of carbonyl (C=O) groups excluding carboxylic acids is 3. The Labute approximate surface area is 221 Å². The molecule has 0 unspecified atom stereocenters. The van der Waals surface area contributed by atoms with Crippen LogP contribution in [0.25, 0.3) is 10.8 Å². The van der Waals surface area contributed by atoms with Gasteiger partial charge in [0.15, 0.2) is 11.5 Å². The summed E-state index contributed by atoms with van der Waals surface area (Å²) in [7, 11) is 1.34. The highest BCUT2D eigenvalue weighted by Gasteiger charge is 2.18. The van der Waals surface area contributed by atoms with Crippen molar-refractivity contribution in [3.05, 3.63) is 106 Å². The smallest absolute Gasteiger partial charge is 0.343 e. The minimum atomic E-state index is -0.814. The lowest BCUT2D eigenvalue weighted by Gasteiger charge is -2.11. The molecular formula is C28H21N3O8. The molecular weight excluding hydrogens is 506 g/mol. The number of methoxy groups -OCH3 is 1. The molecule has 0 aromatic heterocycles. The van der Waals surface area contributed by atoms with Crippen LogP contribution in [0, 0.1) is 10.1 Å². The maximum Gasteiger partial charge on any atom is 0.343 e. The number of nitro benzene ring substituents is 1. The van der Waals surface area contributed by atoms with Crippen molar-refractivity contribution in [1.82, 2.24) is 5.43 Å². The molecule has 0 heterocycles. The molecule has 0 aliphatic rings. The Morgan fingerprint density at radius 1 is 0.897 bits per heavy atom. The summed E-state index contributed by atoms with van der Waals surface area (Å²) in [5.41, 5.74) is 2.65. The fraction of sp³-hybridized carbons (Fsp3) is 0.0714. The van der Waals surface area contributed by atoms with Crippen molar-refractivity contribution >= 4 is 40.5 Å². The first-order valence-corrected chi connectivity index (χ1v) is 11.4. The highest BCUT2D eigenvalue weighted by Crippen LogP contribution is 2.30. The lowest BCUT2D eigenvalue weighted by molar-refractivity contribution is -0.384. The number of rotatable bonds is 8. The van der Waals surface area contributed by atoms with Gasteiger partial charge in [0.25, 0.3) is 11.6 Å². The van der Waals surface area contributed by atoms with Crippen molar-refractivity contribution in [3.63, 3.8) is 0 Å². The van der Waals surface area contributed by atoms with Crippen LogP contribution >= 0.6 is 0 Å². The summed E-state index contributed by atoms with van der Waals surface area (Å²) in [5, 5.41) is 16.8. The molecule has 11 nitrogen and oxygen atoms in total. The van der Waals surface area contributed by atoms with Crippen molar-refractivity contribution in [1.29, 1.82) is 0 Å². The third-order valence-electron chi connectivity index (χ3n) is 5.46. The summed E-state index contributed by atoms with van der Waals surface area (Å²) in [4.78, 5) is 47.6. The number of hydrogen-bond donors (Lipinski definition) is 1. The van der Waals surface area contributed by atoms with Crippen LogP contribution in [0.2, 0.25) is 0 Å². The topological polar surface area (TPSA) is 146 Å². The van der Waals surface area contributed by atoms with Gasteiger partial charge in [-0.2, -0.15) is 5.10 Å². The number of esters is 2. The zero-order valence-electron chi connectivity index (χ0n) is 20.7. The van der Waals surface area contributed by atoms with Crippen LogP contribution in [0.5, 0.6) is 17.2 Å². The molecule has 0 radical (unpaired) electrons. The van der Waals surface area contributed by atoms with Gasteiger partial charge in [-0.15, -0.1) is 0 Å². The molecule has 1 amide bonds. The monoisotopic (exact) mass is 527 g/mol. The summed E-state index contributed by atoms with van der Waals surface area (Å²) in [6, 6.07) is 20.2. The number of hydrogen-bond acceptors (Lipinski definition) is 9. The lowest BCUT2D eigenvalue weighted by Crippen LogP contribution is -2.18. The number of carbonyl (C=O) groups is 3. The van der Waals surface area contributed by atoms with Gasteiger partial charge in [-0.05, 0) is 41.1 Å². The predicted molar refractivity (Wildman–Crippen MR) is 141 cm³/mol. The van der Waals surface area contributed by atoms with Crippen LogP contribution < -0.4 is 19.6 Å². The highest BCUT2D eigenvalue weighted by molar-refractivity contribution is 6.07. The van der Waals surface area contributed by atoms with Gasteiger partial charge in [-0.25, -0.2) is 10.2 Å². The van der Waals surface area contributed by atoms with Gasteiger partial charge in [0.05, 0.1) is 23.8 Å². The summed E-state index contributed by atoms with van der Waals surface area (Å²) < 4.78 is 15.7. The molecule has 0 fully saturated rings. The molecule has 0 aliphatic carbocycles. The Morgan fingerprint density at radius 2 is 1.64 bits per heavy atom. The second kappa shape index (κ2) is 11.6. The minimum absolute atomic E-state index is 0.0446. The van der Waals surface area contributed by atoms with Crippen molar-refractivity contribution in [2.24, 2.45) is 5.10 Å². The van der Waals surface area contributed by atoms with E-state index < -0.39 is 22.8 Å². The van der Waals surface area contributed by atoms with Crippen LogP contribution in [-0.4, -0.2) is 36.1 Å². The quantitative estimate of drug-likeness (QED) is 0.114. The SMILES string of the molecule is COc1cc(C(=O)Oc2ccc([N+](=O)[O-])cc2/C=N/NC(=O)c2cccc3ccccc23)ccc1OC(C)=O. The van der Waals surface area contributed by atoms with E-state index >= 15 is 0 Å².